The van der Waals surface area contributed by atoms with Crippen molar-refractivity contribution in [3.63, 3.8) is 0 Å². The quantitative estimate of drug-likeness (QED) is 0.632. The Morgan fingerprint density at radius 2 is 1.37 bits per heavy atom. The fourth-order valence-corrected chi connectivity index (χ4v) is 8.68. The molecule has 2 rings (SSSR count). The number of hydrogen-bond donors (Lipinski definition) is 1. The van der Waals surface area contributed by atoms with Crippen LogP contribution in [0.5, 0.6) is 0 Å². The van der Waals surface area contributed by atoms with Gasteiger partial charge in [-0.05, 0) is 41.1 Å². The zero-order valence-electron chi connectivity index (χ0n) is 17.6. The summed E-state index contributed by atoms with van der Waals surface area (Å²) in [5, 5.41) is 12.2. The predicted molar refractivity (Wildman–Crippen MR) is 118 cm³/mol. The van der Waals surface area contributed by atoms with Crippen molar-refractivity contribution in [1.29, 1.82) is 0 Å². The largest absolute Gasteiger partial charge is 0.405 e. The monoisotopic (exact) mass is 384 g/mol. The molecule has 0 radical (unpaired) electrons. The summed E-state index contributed by atoms with van der Waals surface area (Å²) in [7, 11) is -2.47. The number of rotatable bonds is 9. The lowest BCUT2D eigenvalue weighted by Gasteiger charge is -2.44. The summed E-state index contributed by atoms with van der Waals surface area (Å²) < 4.78 is 7.07. The van der Waals surface area contributed by atoms with Crippen LogP contribution in [0.3, 0.4) is 0 Å². The fraction of sp³-hybridized carbons (Fsp3) is 0.500. The smallest absolute Gasteiger partial charge is 0.261 e. The standard InChI is InChI=1S/C24H36O2Si/c1-6-21(19-25)18-17-20(2)26-27(24(3,4)5,22-13-9-7-10-14-22)23-15-11-8-12-16-23/h7-16,20-21,25H,6,17-19H2,1-5H3. The molecule has 0 aliphatic rings. The van der Waals surface area contributed by atoms with E-state index in [-0.39, 0.29) is 17.7 Å². The third-order valence-corrected chi connectivity index (χ3v) is 10.8. The summed E-state index contributed by atoms with van der Waals surface area (Å²) in [4.78, 5) is 0. The summed E-state index contributed by atoms with van der Waals surface area (Å²) in [6.07, 6.45) is 3.15. The lowest BCUT2D eigenvalue weighted by Crippen LogP contribution is -2.67. The van der Waals surface area contributed by atoms with Crippen LogP contribution >= 0.6 is 0 Å². The first kappa shape index (κ1) is 21.9. The molecule has 0 spiro atoms. The molecule has 2 atom stereocenters. The van der Waals surface area contributed by atoms with Gasteiger partial charge in [0.25, 0.3) is 8.32 Å². The van der Waals surface area contributed by atoms with Crippen LogP contribution in [0.4, 0.5) is 0 Å². The Balaban J connectivity index is 2.43. The minimum Gasteiger partial charge on any atom is -0.405 e. The Morgan fingerprint density at radius 3 is 1.74 bits per heavy atom. The van der Waals surface area contributed by atoms with Gasteiger partial charge in [0.1, 0.15) is 0 Å². The molecule has 0 aromatic heterocycles. The predicted octanol–water partition coefficient (Wildman–Crippen LogP) is 4.75. The highest BCUT2D eigenvalue weighted by Crippen LogP contribution is 2.38. The first-order valence-corrected chi connectivity index (χ1v) is 12.2. The molecule has 2 aromatic carbocycles. The molecule has 0 heterocycles. The van der Waals surface area contributed by atoms with Crippen molar-refractivity contribution in [2.45, 2.75) is 65.0 Å². The molecular weight excluding hydrogens is 348 g/mol. The van der Waals surface area contributed by atoms with E-state index in [9.17, 15) is 5.11 Å². The van der Waals surface area contributed by atoms with E-state index >= 15 is 0 Å². The van der Waals surface area contributed by atoms with Crippen molar-refractivity contribution in [3.05, 3.63) is 60.7 Å². The van der Waals surface area contributed by atoms with Crippen molar-refractivity contribution >= 4 is 18.7 Å². The summed E-state index contributed by atoms with van der Waals surface area (Å²) in [5.74, 6) is 0.371. The second kappa shape index (κ2) is 9.68. The SMILES string of the molecule is CCC(CO)CCC(C)O[Si](c1ccccc1)(c1ccccc1)C(C)(C)C. The van der Waals surface area contributed by atoms with Gasteiger partial charge in [0, 0.05) is 12.7 Å². The van der Waals surface area contributed by atoms with E-state index in [4.69, 9.17) is 4.43 Å². The van der Waals surface area contributed by atoms with Crippen molar-refractivity contribution < 1.29 is 9.53 Å². The van der Waals surface area contributed by atoms with Crippen LogP contribution < -0.4 is 10.4 Å². The van der Waals surface area contributed by atoms with Crippen LogP contribution in [0.2, 0.25) is 5.04 Å². The Bertz CT molecular complexity index is 620. The average Bonchev–Trinajstić information content (AvgIpc) is 2.67. The van der Waals surface area contributed by atoms with Crippen molar-refractivity contribution in [2.24, 2.45) is 5.92 Å². The summed E-state index contributed by atoms with van der Waals surface area (Å²) in [6.45, 7) is 11.6. The molecule has 0 saturated heterocycles. The molecule has 2 unspecified atom stereocenters. The van der Waals surface area contributed by atoms with Crippen LogP contribution in [-0.2, 0) is 4.43 Å². The minimum absolute atomic E-state index is 0.00506. The molecule has 2 nitrogen and oxygen atoms in total. The molecule has 0 bridgehead atoms. The molecule has 0 aliphatic heterocycles. The highest BCUT2D eigenvalue weighted by atomic mass is 28.4. The second-order valence-corrected chi connectivity index (χ2v) is 12.9. The van der Waals surface area contributed by atoms with E-state index < -0.39 is 8.32 Å². The van der Waals surface area contributed by atoms with Crippen molar-refractivity contribution in [3.8, 4) is 0 Å². The van der Waals surface area contributed by atoms with Gasteiger partial charge < -0.3 is 9.53 Å². The Hall–Kier alpha value is -1.42. The highest BCUT2D eigenvalue weighted by molar-refractivity contribution is 6.99. The number of aliphatic hydroxyl groups excluding tert-OH is 1. The van der Waals surface area contributed by atoms with E-state index in [0.29, 0.717) is 5.92 Å². The third-order valence-electron chi connectivity index (χ3n) is 5.61. The fourth-order valence-electron chi connectivity index (χ4n) is 3.95. The zero-order valence-corrected chi connectivity index (χ0v) is 18.6. The van der Waals surface area contributed by atoms with Gasteiger partial charge in [-0.1, -0.05) is 94.8 Å². The molecule has 1 N–H and O–H groups in total. The maximum atomic E-state index is 9.52. The van der Waals surface area contributed by atoms with E-state index in [1.54, 1.807) is 0 Å². The van der Waals surface area contributed by atoms with Crippen LogP contribution in [0, 0.1) is 5.92 Å². The number of aliphatic hydroxyl groups is 1. The van der Waals surface area contributed by atoms with Gasteiger partial charge >= 0.3 is 0 Å². The Labute approximate surface area is 166 Å². The lowest BCUT2D eigenvalue weighted by molar-refractivity contribution is 0.162. The highest BCUT2D eigenvalue weighted by Gasteiger charge is 2.50. The molecule has 27 heavy (non-hydrogen) atoms. The van der Waals surface area contributed by atoms with E-state index in [1.165, 1.54) is 10.4 Å². The summed E-state index contributed by atoms with van der Waals surface area (Å²) in [6, 6.07) is 21.6. The maximum absolute atomic E-state index is 9.52. The summed E-state index contributed by atoms with van der Waals surface area (Å²) in [5.41, 5.74) is 0. The van der Waals surface area contributed by atoms with Crippen LogP contribution in [0.25, 0.3) is 0 Å². The third kappa shape index (κ3) is 5.10. The van der Waals surface area contributed by atoms with Gasteiger partial charge in [-0.2, -0.15) is 0 Å². The zero-order chi connectivity index (χ0) is 19.9. The number of benzene rings is 2. The van der Waals surface area contributed by atoms with E-state index in [1.807, 2.05) is 0 Å². The van der Waals surface area contributed by atoms with Gasteiger partial charge in [-0.25, -0.2) is 0 Å². The van der Waals surface area contributed by atoms with E-state index in [0.717, 1.165) is 19.3 Å². The van der Waals surface area contributed by atoms with Gasteiger partial charge in [0.05, 0.1) is 0 Å². The Morgan fingerprint density at radius 1 is 0.889 bits per heavy atom. The van der Waals surface area contributed by atoms with Crippen LogP contribution in [-0.4, -0.2) is 26.1 Å². The normalized spacial score (nSPS) is 14.7. The first-order valence-electron chi connectivity index (χ1n) is 10.2. The molecule has 3 heteroatoms. The van der Waals surface area contributed by atoms with Gasteiger partial charge in [-0.3, -0.25) is 0 Å². The molecule has 0 aliphatic carbocycles. The van der Waals surface area contributed by atoms with Crippen molar-refractivity contribution in [2.75, 3.05) is 6.61 Å². The molecule has 148 valence electrons. The molecule has 0 fully saturated rings. The minimum atomic E-state index is -2.47. The Kier molecular flexibility index (Phi) is 7.84. The summed E-state index contributed by atoms with van der Waals surface area (Å²) >= 11 is 0. The first-order chi connectivity index (χ1) is 12.8. The molecular formula is C24H36O2Si. The number of hydrogen-bond acceptors (Lipinski definition) is 2. The van der Waals surface area contributed by atoms with Crippen LogP contribution in [0.1, 0.15) is 53.9 Å². The van der Waals surface area contributed by atoms with Crippen molar-refractivity contribution in [1.82, 2.24) is 0 Å². The van der Waals surface area contributed by atoms with E-state index in [2.05, 4.69) is 95.3 Å². The van der Waals surface area contributed by atoms with Gasteiger partial charge in [-0.15, -0.1) is 0 Å². The van der Waals surface area contributed by atoms with Crippen LogP contribution in [0.15, 0.2) is 60.7 Å². The molecule has 2 aromatic rings. The average molecular weight is 385 g/mol. The second-order valence-electron chi connectivity index (χ2n) is 8.63. The van der Waals surface area contributed by atoms with Gasteiger partial charge in [0.2, 0.25) is 0 Å². The molecule has 0 amide bonds. The molecule has 0 saturated carbocycles. The topological polar surface area (TPSA) is 29.5 Å². The van der Waals surface area contributed by atoms with Gasteiger partial charge in [0.15, 0.2) is 0 Å². The lowest BCUT2D eigenvalue weighted by atomic mass is 10.00. The maximum Gasteiger partial charge on any atom is 0.261 e.